The molecule has 1 N–H and O–H groups in total. The van der Waals surface area contributed by atoms with Crippen molar-refractivity contribution in [1.29, 1.82) is 0 Å². The van der Waals surface area contributed by atoms with Gasteiger partial charge in [0.1, 0.15) is 10.6 Å². The molecule has 3 rings (SSSR count). The van der Waals surface area contributed by atoms with E-state index in [2.05, 4.69) is 10.3 Å². The third-order valence-electron chi connectivity index (χ3n) is 3.83. The van der Waals surface area contributed by atoms with Gasteiger partial charge in [0.05, 0.1) is 17.2 Å². The summed E-state index contributed by atoms with van der Waals surface area (Å²) in [6.07, 6.45) is 0.612. The van der Waals surface area contributed by atoms with Gasteiger partial charge in [0.2, 0.25) is 0 Å². The SMILES string of the molecule is Cc1ccc(-c2nc(C)c(C(=O)NC[C@H]3CCS(=O)(=O)C3)s2)o1. The van der Waals surface area contributed by atoms with Gasteiger partial charge >= 0.3 is 0 Å². The van der Waals surface area contributed by atoms with Crippen molar-refractivity contribution < 1.29 is 17.6 Å². The van der Waals surface area contributed by atoms with Crippen LogP contribution in [-0.4, -0.2) is 37.4 Å². The van der Waals surface area contributed by atoms with Crippen LogP contribution in [0.25, 0.3) is 10.8 Å². The van der Waals surface area contributed by atoms with Gasteiger partial charge < -0.3 is 9.73 Å². The maximum atomic E-state index is 12.3. The van der Waals surface area contributed by atoms with Gasteiger partial charge in [-0.2, -0.15) is 0 Å². The second-order valence-electron chi connectivity index (χ2n) is 5.82. The van der Waals surface area contributed by atoms with Crippen molar-refractivity contribution in [2.75, 3.05) is 18.1 Å². The fourth-order valence-electron chi connectivity index (χ4n) is 2.61. The molecule has 0 aromatic carbocycles. The monoisotopic (exact) mass is 354 g/mol. The molecule has 0 unspecified atom stereocenters. The Kier molecular flexibility index (Phi) is 4.29. The van der Waals surface area contributed by atoms with Gasteiger partial charge in [-0.1, -0.05) is 0 Å². The third kappa shape index (κ3) is 3.64. The minimum atomic E-state index is -2.92. The zero-order chi connectivity index (χ0) is 16.6. The topological polar surface area (TPSA) is 89.3 Å². The predicted molar refractivity (Wildman–Crippen MR) is 88.4 cm³/mol. The van der Waals surface area contributed by atoms with E-state index < -0.39 is 9.84 Å². The van der Waals surface area contributed by atoms with E-state index in [-0.39, 0.29) is 23.3 Å². The Labute approximate surface area is 138 Å². The molecule has 1 amide bonds. The number of sulfone groups is 1. The summed E-state index contributed by atoms with van der Waals surface area (Å²) in [7, 11) is -2.92. The van der Waals surface area contributed by atoms with Gasteiger partial charge in [0, 0.05) is 6.54 Å². The second-order valence-corrected chi connectivity index (χ2v) is 9.05. The minimum absolute atomic E-state index is 0.00405. The highest BCUT2D eigenvalue weighted by Crippen LogP contribution is 2.29. The summed E-state index contributed by atoms with van der Waals surface area (Å²) in [5, 5.41) is 3.50. The Morgan fingerprint density at radius 3 is 2.83 bits per heavy atom. The van der Waals surface area contributed by atoms with Gasteiger partial charge in [-0.3, -0.25) is 4.79 Å². The number of nitrogens with zero attached hydrogens (tertiary/aromatic N) is 1. The number of rotatable bonds is 4. The molecule has 0 bridgehead atoms. The fraction of sp³-hybridized carbons (Fsp3) is 0.467. The van der Waals surface area contributed by atoms with Crippen molar-refractivity contribution in [1.82, 2.24) is 10.3 Å². The number of hydrogen-bond donors (Lipinski definition) is 1. The molecule has 2 aromatic rings. The van der Waals surface area contributed by atoms with E-state index in [1.807, 2.05) is 19.1 Å². The highest BCUT2D eigenvalue weighted by molar-refractivity contribution is 7.91. The Balaban J connectivity index is 1.67. The van der Waals surface area contributed by atoms with Crippen molar-refractivity contribution in [3.8, 4) is 10.8 Å². The molecule has 1 aliphatic rings. The standard InChI is InChI=1S/C15H18N2O4S2/c1-9-3-4-12(21-9)15-17-10(2)13(22-15)14(18)16-7-11-5-6-23(19,20)8-11/h3-4,11H,5-8H2,1-2H3,(H,16,18)/t11-/m1/s1. The van der Waals surface area contributed by atoms with Crippen LogP contribution in [0, 0.1) is 19.8 Å². The molecule has 124 valence electrons. The number of nitrogens with one attached hydrogen (secondary N) is 1. The average Bonchev–Trinajstić information content (AvgIpc) is 3.15. The summed E-state index contributed by atoms with van der Waals surface area (Å²) >= 11 is 1.28. The highest BCUT2D eigenvalue weighted by atomic mass is 32.2. The van der Waals surface area contributed by atoms with E-state index in [9.17, 15) is 13.2 Å². The molecule has 23 heavy (non-hydrogen) atoms. The smallest absolute Gasteiger partial charge is 0.263 e. The molecule has 1 atom stereocenters. The second kappa shape index (κ2) is 6.09. The van der Waals surface area contributed by atoms with Crippen LogP contribution in [0.5, 0.6) is 0 Å². The molecular weight excluding hydrogens is 336 g/mol. The maximum absolute atomic E-state index is 12.3. The van der Waals surface area contributed by atoms with Gasteiger partial charge in [0.15, 0.2) is 20.6 Å². The van der Waals surface area contributed by atoms with E-state index in [0.717, 1.165) is 5.76 Å². The lowest BCUT2D eigenvalue weighted by molar-refractivity contribution is 0.0951. The van der Waals surface area contributed by atoms with E-state index in [1.54, 1.807) is 6.92 Å². The summed E-state index contributed by atoms with van der Waals surface area (Å²) in [5.41, 5.74) is 0.649. The molecule has 6 nitrogen and oxygen atoms in total. The summed E-state index contributed by atoms with van der Waals surface area (Å²) in [6.45, 7) is 4.02. The summed E-state index contributed by atoms with van der Waals surface area (Å²) in [5.74, 6) is 1.61. The molecule has 0 spiro atoms. The van der Waals surface area contributed by atoms with E-state index in [1.165, 1.54) is 11.3 Å². The van der Waals surface area contributed by atoms with Gasteiger partial charge in [0.25, 0.3) is 5.91 Å². The first-order chi connectivity index (χ1) is 10.8. The Hall–Kier alpha value is -1.67. The van der Waals surface area contributed by atoms with Gasteiger partial charge in [-0.05, 0) is 38.3 Å². The molecule has 1 saturated heterocycles. The Morgan fingerprint density at radius 2 is 2.22 bits per heavy atom. The fourth-order valence-corrected chi connectivity index (χ4v) is 5.42. The van der Waals surface area contributed by atoms with Crippen LogP contribution in [0.1, 0.15) is 27.5 Å². The van der Waals surface area contributed by atoms with Crippen molar-refractivity contribution >= 4 is 27.1 Å². The van der Waals surface area contributed by atoms with Crippen molar-refractivity contribution in [3.63, 3.8) is 0 Å². The summed E-state index contributed by atoms with van der Waals surface area (Å²) in [6, 6.07) is 3.69. The number of thiazole rings is 1. The lowest BCUT2D eigenvalue weighted by Gasteiger charge is -2.08. The van der Waals surface area contributed by atoms with Crippen LogP contribution in [-0.2, 0) is 9.84 Å². The van der Waals surface area contributed by atoms with Crippen molar-refractivity contribution in [2.24, 2.45) is 5.92 Å². The maximum Gasteiger partial charge on any atom is 0.263 e. The largest absolute Gasteiger partial charge is 0.459 e. The average molecular weight is 354 g/mol. The zero-order valence-electron chi connectivity index (χ0n) is 13.0. The van der Waals surface area contributed by atoms with Crippen LogP contribution >= 0.6 is 11.3 Å². The quantitative estimate of drug-likeness (QED) is 0.909. The molecule has 2 aromatic heterocycles. The van der Waals surface area contributed by atoms with E-state index >= 15 is 0 Å². The summed E-state index contributed by atoms with van der Waals surface area (Å²) in [4.78, 5) is 17.2. The molecular formula is C15H18N2O4S2. The minimum Gasteiger partial charge on any atom is -0.459 e. The van der Waals surface area contributed by atoms with Crippen molar-refractivity contribution in [3.05, 3.63) is 28.5 Å². The number of amides is 1. The molecule has 8 heteroatoms. The zero-order valence-corrected chi connectivity index (χ0v) is 14.6. The lowest BCUT2D eigenvalue weighted by Crippen LogP contribution is -2.29. The third-order valence-corrected chi connectivity index (χ3v) is 6.84. The molecule has 0 aliphatic carbocycles. The predicted octanol–water partition coefficient (Wildman–Crippen LogP) is 2.18. The normalized spacial score (nSPS) is 19.8. The van der Waals surface area contributed by atoms with Crippen molar-refractivity contribution in [2.45, 2.75) is 20.3 Å². The number of carbonyl (C=O) groups excluding carboxylic acids is 1. The number of aryl methyl sites for hydroxylation is 2. The number of carbonyl (C=O) groups is 1. The first-order valence-corrected chi connectivity index (χ1v) is 10.0. The highest BCUT2D eigenvalue weighted by Gasteiger charge is 2.28. The van der Waals surface area contributed by atoms with Crippen LogP contribution in [0.3, 0.4) is 0 Å². The number of aromatic nitrogens is 1. The molecule has 1 aliphatic heterocycles. The first kappa shape index (κ1) is 16.2. The lowest BCUT2D eigenvalue weighted by atomic mass is 10.1. The van der Waals surface area contributed by atoms with Crippen LogP contribution in [0.15, 0.2) is 16.5 Å². The van der Waals surface area contributed by atoms with E-state index in [0.29, 0.717) is 34.3 Å². The van der Waals surface area contributed by atoms with Crippen LogP contribution in [0.4, 0.5) is 0 Å². The van der Waals surface area contributed by atoms with Gasteiger partial charge in [-0.25, -0.2) is 13.4 Å². The Bertz CT molecular complexity index is 836. The molecule has 3 heterocycles. The number of hydrogen-bond acceptors (Lipinski definition) is 6. The van der Waals surface area contributed by atoms with E-state index in [4.69, 9.17) is 4.42 Å². The molecule has 1 fully saturated rings. The van der Waals surface area contributed by atoms with Gasteiger partial charge in [-0.15, -0.1) is 11.3 Å². The Morgan fingerprint density at radius 1 is 1.43 bits per heavy atom. The number of furan rings is 1. The summed E-state index contributed by atoms with van der Waals surface area (Å²) < 4.78 is 28.4. The van der Waals surface area contributed by atoms with Crippen LogP contribution < -0.4 is 5.32 Å². The van der Waals surface area contributed by atoms with Crippen LogP contribution in [0.2, 0.25) is 0 Å². The first-order valence-electron chi connectivity index (χ1n) is 7.37. The molecule has 0 radical (unpaired) electrons. The molecule has 0 saturated carbocycles.